The normalized spacial score (nSPS) is 18.5. The van der Waals surface area contributed by atoms with Gasteiger partial charge in [-0.15, -0.1) is 0 Å². The maximum Gasteiger partial charge on any atom is 0.433 e. The number of methoxy groups -OCH3 is 3. The Morgan fingerprint density at radius 2 is 1.93 bits per heavy atom. The van der Waals surface area contributed by atoms with Gasteiger partial charge in [-0.1, -0.05) is 19.4 Å². The molecule has 0 radical (unpaired) electrons. The van der Waals surface area contributed by atoms with Crippen molar-refractivity contribution in [3.05, 3.63) is 53.7 Å². The highest BCUT2D eigenvalue weighted by Crippen LogP contribution is 2.37. The first-order chi connectivity index (χ1) is 20.0. The highest BCUT2D eigenvalue weighted by Gasteiger charge is 2.34. The summed E-state index contributed by atoms with van der Waals surface area (Å²) in [4.78, 5) is 25.8. The highest BCUT2D eigenvalue weighted by atomic mass is 19.4. The standard InChI is InChI=1S/C29H34F3N5O5/c1-15(35-27(41-5)19-8-6-7-9-20(19)39-3)14-34-26(38)24-25(16(2)33)42-28(37-24)18-10-12-21(40-4)23-17(18)11-13-22(36-23)29(30,31)32/h10-13,16,19-20H,1,6-9,14,33H2,2-5H3,(H,34,38)/t16-,19?,20+/m0/s1. The zero-order valence-electron chi connectivity index (χ0n) is 23.9. The third-order valence-corrected chi connectivity index (χ3v) is 7.10. The lowest BCUT2D eigenvalue weighted by Gasteiger charge is -2.30. The summed E-state index contributed by atoms with van der Waals surface area (Å²) in [7, 11) is 4.54. The van der Waals surface area contributed by atoms with Crippen molar-refractivity contribution in [2.75, 3.05) is 27.9 Å². The summed E-state index contributed by atoms with van der Waals surface area (Å²) in [5.41, 5.74) is 5.57. The zero-order valence-corrected chi connectivity index (χ0v) is 23.9. The number of carbonyl (C=O) groups is 1. The van der Waals surface area contributed by atoms with Crippen LogP contribution in [-0.2, 0) is 15.7 Å². The Bertz CT molecular complexity index is 1480. The number of ether oxygens (including phenoxy) is 3. The van der Waals surface area contributed by atoms with Crippen LogP contribution in [0.25, 0.3) is 22.4 Å². The average molecular weight is 590 g/mol. The first kappa shape index (κ1) is 31.0. The number of pyridine rings is 1. The van der Waals surface area contributed by atoms with Crippen LogP contribution < -0.4 is 15.8 Å². The molecule has 2 aromatic heterocycles. The number of aliphatic imine (C=N–C) groups is 1. The number of benzene rings is 1. The van der Waals surface area contributed by atoms with E-state index >= 15 is 0 Å². The van der Waals surface area contributed by atoms with E-state index in [1.807, 2.05) is 0 Å². The van der Waals surface area contributed by atoms with Crippen molar-refractivity contribution in [3.63, 3.8) is 0 Å². The number of carbonyl (C=O) groups excluding carboxylic acids is 1. The fraction of sp³-hybridized carbons (Fsp3) is 0.448. The maximum absolute atomic E-state index is 13.3. The summed E-state index contributed by atoms with van der Waals surface area (Å²) in [6.45, 7) is 5.56. The molecule has 3 aromatic rings. The van der Waals surface area contributed by atoms with Crippen molar-refractivity contribution < 1.29 is 36.6 Å². The van der Waals surface area contributed by atoms with Gasteiger partial charge in [0.15, 0.2) is 17.4 Å². The molecule has 1 amide bonds. The van der Waals surface area contributed by atoms with Crippen LogP contribution in [0.4, 0.5) is 13.2 Å². The Balaban J connectivity index is 1.60. The number of fused-ring (bicyclic) bond motifs is 1. The fourth-order valence-electron chi connectivity index (χ4n) is 5.02. The summed E-state index contributed by atoms with van der Waals surface area (Å²) in [5.74, 6) is 0.123. The number of hydrogen-bond acceptors (Lipinski definition) is 9. The van der Waals surface area contributed by atoms with E-state index in [0.717, 1.165) is 31.7 Å². The molecule has 10 nitrogen and oxygen atoms in total. The predicted molar refractivity (Wildman–Crippen MR) is 150 cm³/mol. The SMILES string of the molecule is C=C(CNC(=O)c1nc(-c2ccc(OC)c3nc(C(F)(F)F)ccc23)oc1[C@H](C)N)N=C(OC)C1CCCC[C@H]1OC. The van der Waals surface area contributed by atoms with Gasteiger partial charge >= 0.3 is 6.18 Å². The number of nitrogens with two attached hydrogens (primary N) is 1. The minimum Gasteiger partial charge on any atom is -0.494 e. The summed E-state index contributed by atoms with van der Waals surface area (Å²) in [5, 5.41) is 3.02. The van der Waals surface area contributed by atoms with Crippen molar-refractivity contribution in [1.82, 2.24) is 15.3 Å². The molecule has 1 aliphatic carbocycles. The van der Waals surface area contributed by atoms with E-state index in [9.17, 15) is 18.0 Å². The Labute approximate surface area is 241 Å². The number of halogens is 3. The first-order valence-corrected chi connectivity index (χ1v) is 13.4. The molecule has 2 heterocycles. The van der Waals surface area contributed by atoms with Gasteiger partial charge in [0.1, 0.15) is 17.0 Å². The van der Waals surface area contributed by atoms with Crippen molar-refractivity contribution in [2.24, 2.45) is 16.6 Å². The van der Waals surface area contributed by atoms with E-state index < -0.39 is 23.8 Å². The van der Waals surface area contributed by atoms with Crippen LogP contribution in [0.3, 0.4) is 0 Å². The van der Waals surface area contributed by atoms with Gasteiger partial charge in [0.2, 0.25) is 5.89 Å². The van der Waals surface area contributed by atoms with Crippen LogP contribution in [-0.4, -0.2) is 55.8 Å². The molecule has 42 heavy (non-hydrogen) atoms. The van der Waals surface area contributed by atoms with Gasteiger partial charge in [-0.2, -0.15) is 13.2 Å². The molecule has 1 aliphatic rings. The molecule has 3 atom stereocenters. The summed E-state index contributed by atoms with van der Waals surface area (Å²) in [6, 6.07) is 4.42. The number of oxazole rings is 1. The minimum atomic E-state index is -4.65. The lowest BCUT2D eigenvalue weighted by atomic mass is 9.86. The van der Waals surface area contributed by atoms with Gasteiger partial charge in [-0.3, -0.25) is 4.79 Å². The van der Waals surface area contributed by atoms with Crippen molar-refractivity contribution in [1.29, 1.82) is 0 Å². The molecule has 0 saturated heterocycles. The second-order valence-electron chi connectivity index (χ2n) is 9.99. The van der Waals surface area contributed by atoms with E-state index in [1.165, 1.54) is 19.2 Å². The molecule has 13 heteroatoms. The van der Waals surface area contributed by atoms with Crippen molar-refractivity contribution >= 4 is 22.7 Å². The van der Waals surface area contributed by atoms with E-state index in [4.69, 9.17) is 24.4 Å². The second kappa shape index (κ2) is 12.9. The summed E-state index contributed by atoms with van der Waals surface area (Å²) >= 11 is 0. The highest BCUT2D eigenvalue weighted by molar-refractivity contribution is 5.98. The van der Waals surface area contributed by atoms with Gasteiger partial charge in [0.25, 0.3) is 5.91 Å². The topological polar surface area (TPSA) is 134 Å². The number of nitrogens with one attached hydrogen (secondary N) is 1. The smallest absolute Gasteiger partial charge is 0.433 e. The monoisotopic (exact) mass is 589 g/mol. The van der Waals surface area contributed by atoms with Gasteiger partial charge in [0, 0.05) is 18.1 Å². The molecule has 226 valence electrons. The molecule has 1 fully saturated rings. The van der Waals surface area contributed by atoms with Crippen LogP contribution in [0.2, 0.25) is 0 Å². The Hall–Kier alpha value is -3.97. The number of hydrogen-bond donors (Lipinski definition) is 2. The number of alkyl halides is 3. The van der Waals surface area contributed by atoms with Crippen LogP contribution in [0.1, 0.15) is 60.6 Å². The first-order valence-electron chi connectivity index (χ1n) is 13.4. The Kier molecular flexibility index (Phi) is 9.52. The lowest BCUT2D eigenvalue weighted by molar-refractivity contribution is -0.140. The quantitative estimate of drug-likeness (QED) is 0.249. The molecule has 1 unspecified atom stereocenters. The summed E-state index contributed by atoms with van der Waals surface area (Å²) < 4.78 is 62.3. The molecular formula is C29H34F3N5O5. The predicted octanol–water partition coefficient (Wildman–Crippen LogP) is 5.43. The Morgan fingerprint density at radius 3 is 2.57 bits per heavy atom. The van der Waals surface area contributed by atoms with Gasteiger partial charge in [-0.25, -0.2) is 15.0 Å². The Morgan fingerprint density at radius 1 is 1.19 bits per heavy atom. The average Bonchev–Trinajstić information content (AvgIpc) is 3.43. The number of amides is 1. The number of aromatic nitrogens is 2. The largest absolute Gasteiger partial charge is 0.494 e. The van der Waals surface area contributed by atoms with Crippen LogP contribution in [0.15, 0.2) is 46.0 Å². The molecule has 0 spiro atoms. The maximum atomic E-state index is 13.3. The van der Waals surface area contributed by atoms with Crippen LogP contribution >= 0.6 is 0 Å². The fourth-order valence-corrected chi connectivity index (χ4v) is 5.02. The minimum absolute atomic E-state index is 0.00769. The van der Waals surface area contributed by atoms with Crippen molar-refractivity contribution in [2.45, 2.75) is 50.9 Å². The number of nitrogens with zero attached hydrogens (tertiary/aromatic N) is 3. The lowest BCUT2D eigenvalue weighted by Crippen LogP contribution is -2.34. The van der Waals surface area contributed by atoms with Gasteiger partial charge in [-0.05, 0) is 44.0 Å². The second-order valence-corrected chi connectivity index (χ2v) is 9.99. The molecule has 1 saturated carbocycles. The molecule has 0 aliphatic heterocycles. The van der Waals surface area contributed by atoms with E-state index in [1.54, 1.807) is 27.2 Å². The van der Waals surface area contributed by atoms with Gasteiger partial charge in [0.05, 0.1) is 44.5 Å². The zero-order chi connectivity index (χ0) is 30.6. The van der Waals surface area contributed by atoms with Gasteiger partial charge < -0.3 is 29.7 Å². The molecule has 3 N–H and O–H groups in total. The van der Waals surface area contributed by atoms with E-state index in [0.29, 0.717) is 22.5 Å². The van der Waals surface area contributed by atoms with Crippen LogP contribution in [0.5, 0.6) is 5.75 Å². The van der Waals surface area contributed by atoms with Crippen molar-refractivity contribution in [3.8, 4) is 17.2 Å². The summed E-state index contributed by atoms with van der Waals surface area (Å²) in [6.07, 6.45) is -0.769. The van der Waals surface area contributed by atoms with E-state index in [2.05, 4.69) is 26.9 Å². The van der Waals surface area contributed by atoms with Crippen LogP contribution in [0, 0.1) is 5.92 Å². The number of rotatable bonds is 9. The molecule has 1 aromatic carbocycles. The third kappa shape index (κ3) is 6.57. The van der Waals surface area contributed by atoms with E-state index in [-0.39, 0.29) is 47.2 Å². The third-order valence-electron chi connectivity index (χ3n) is 7.10. The molecule has 4 rings (SSSR count). The molecule has 0 bridgehead atoms. The molecular weight excluding hydrogens is 555 g/mol.